The second kappa shape index (κ2) is 7.83. The highest BCUT2D eigenvalue weighted by Gasteiger charge is 1.87. The molecule has 0 fully saturated rings. The van der Waals surface area contributed by atoms with Crippen LogP contribution in [0.15, 0.2) is 36.4 Å². The Morgan fingerprint density at radius 1 is 0.600 bits per heavy atom. The first-order valence-electron chi connectivity index (χ1n) is 2.65. The van der Waals surface area contributed by atoms with Gasteiger partial charge in [0.25, 0.3) is 0 Å². The van der Waals surface area contributed by atoms with E-state index >= 15 is 0 Å². The third-order valence-electron chi connectivity index (χ3n) is 0.667. The zero-order chi connectivity index (χ0) is 7.82. The van der Waals surface area contributed by atoms with E-state index in [1.807, 2.05) is 36.4 Å². The standard InChI is InChI=1S/C6H6.BBr3/c1-2-4-6-5-3-1;2-1(3)4/h1-6H;. The minimum absolute atomic E-state index is 0.271. The van der Waals surface area contributed by atoms with Gasteiger partial charge in [0.05, 0.1) is 0 Å². The summed E-state index contributed by atoms with van der Waals surface area (Å²) >= 11 is 9.31. The second-order valence-corrected chi connectivity index (χ2v) is 7.84. The van der Waals surface area contributed by atoms with E-state index in [9.17, 15) is 0 Å². The third-order valence-corrected chi connectivity index (χ3v) is 0.667. The van der Waals surface area contributed by atoms with Crippen molar-refractivity contribution in [3.8, 4) is 0 Å². The average molecular weight is 329 g/mol. The summed E-state index contributed by atoms with van der Waals surface area (Å²) in [5.74, 6) is 0. The van der Waals surface area contributed by atoms with Crippen molar-refractivity contribution in [2.24, 2.45) is 0 Å². The highest BCUT2D eigenvalue weighted by atomic mass is 79.9. The molecule has 0 saturated carbocycles. The molecule has 0 N–H and O–H groups in total. The van der Waals surface area contributed by atoms with Gasteiger partial charge in [-0.05, 0) is 0 Å². The highest BCUT2D eigenvalue weighted by Crippen LogP contribution is 2.07. The molecule has 0 aliphatic heterocycles. The molecule has 0 aliphatic carbocycles. The van der Waals surface area contributed by atoms with E-state index in [0.717, 1.165) is 0 Å². The van der Waals surface area contributed by atoms with Crippen LogP contribution >= 0.6 is 47.3 Å². The summed E-state index contributed by atoms with van der Waals surface area (Å²) in [6, 6.07) is 12.0. The van der Waals surface area contributed by atoms with Gasteiger partial charge in [-0.25, -0.2) is 0 Å². The zero-order valence-electron chi connectivity index (χ0n) is 5.18. The van der Waals surface area contributed by atoms with Crippen molar-refractivity contribution in [3.05, 3.63) is 36.4 Å². The molecule has 0 nitrogen and oxygen atoms in total. The Balaban J connectivity index is 0.000000180. The Bertz CT molecular complexity index is 113. The first kappa shape index (κ1) is 10.7. The lowest BCUT2D eigenvalue weighted by molar-refractivity contribution is 1.72. The molecule has 0 heterocycles. The van der Waals surface area contributed by atoms with Crippen molar-refractivity contribution in [2.75, 3.05) is 0 Å². The fraction of sp³-hybridized carbons (Fsp3) is 0. The minimum Gasteiger partial charge on any atom is -0.123 e. The molecule has 1 aromatic rings. The topological polar surface area (TPSA) is 0 Å². The van der Waals surface area contributed by atoms with Gasteiger partial charge in [-0.15, -0.1) is 47.3 Å². The molecule has 0 amide bonds. The normalized spacial score (nSPS) is 7.50. The summed E-state index contributed by atoms with van der Waals surface area (Å²) in [5, 5.41) is 0. The molecule has 1 rings (SSSR count). The lowest BCUT2D eigenvalue weighted by Crippen LogP contribution is -1.60. The lowest BCUT2D eigenvalue weighted by atomic mass is 10.4. The largest absolute Gasteiger partial charge is 0.369 e. The minimum atomic E-state index is 0.271. The Morgan fingerprint density at radius 3 is 0.800 bits per heavy atom. The van der Waals surface area contributed by atoms with Crippen molar-refractivity contribution >= 4 is 50.5 Å². The number of rotatable bonds is 0. The van der Waals surface area contributed by atoms with Gasteiger partial charge in [-0.3, -0.25) is 0 Å². The van der Waals surface area contributed by atoms with Crippen LogP contribution in [0.1, 0.15) is 0 Å². The summed E-state index contributed by atoms with van der Waals surface area (Å²) in [7, 11) is 0. The van der Waals surface area contributed by atoms with Crippen LogP contribution in [0.4, 0.5) is 0 Å². The smallest absolute Gasteiger partial charge is 0.123 e. The van der Waals surface area contributed by atoms with Gasteiger partial charge >= 0.3 is 3.18 Å². The summed E-state index contributed by atoms with van der Waals surface area (Å²) in [5.41, 5.74) is 0. The van der Waals surface area contributed by atoms with Crippen LogP contribution < -0.4 is 0 Å². The maximum Gasteiger partial charge on any atom is 0.369 e. The molecule has 0 aromatic heterocycles. The molecule has 0 spiro atoms. The Kier molecular flexibility index (Phi) is 8.40. The monoisotopic (exact) mass is 326 g/mol. The van der Waals surface area contributed by atoms with Crippen molar-refractivity contribution in [1.29, 1.82) is 0 Å². The van der Waals surface area contributed by atoms with Crippen LogP contribution in [0.3, 0.4) is 0 Å². The van der Waals surface area contributed by atoms with Gasteiger partial charge in [0, 0.05) is 0 Å². The number of hydrogen-bond donors (Lipinski definition) is 0. The Morgan fingerprint density at radius 2 is 0.700 bits per heavy atom. The Hall–Kier alpha value is 0.725. The van der Waals surface area contributed by atoms with Gasteiger partial charge in [0.15, 0.2) is 0 Å². The van der Waals surface area contributed by atoms with Crippen molar-refractivity contribution in [1.82, 2.24) is 0 Å². The molecule has 1 aromatic carbocycles. The summed E-state index contributed by atoms with van der Waals surface area (Å²) in [6.07, 6.45) is 0. The number of hydrogen-bond acceptors (Lipinski definition) is 0. The fourth-order valence-corrected chi connectivity index (χ4v) is 0.385. The van der Waals surface area contributed by atoms with Crippen LogP contribution in [0.25, 0.3) is 0 Å². The molecular formula is C6H6BBr3. The van der Waals surface area contributed by atoms with E-state index in [4.69, 9.17) is 0 Å². The average Bonchev–Trinajstić information content (AvgIpc) is 1.90. The lowest BCUT2D eigenvalue weighted by Gasteiger charge is -1.69. The van der Waals surface area contributed by atoms with E-state index in [-0.39, 0.29) is 3.18 Å². The van der Waals surface area contributed by atoms with E-state index in [2.05, 4.69) is 47.3 Å². The van der Waals surface area contributed by atoms with Gasteiger partial charge < -0.3 is 0 Å². The van der Waals surface area contributed by atoms with Crippen molar-refractivity contribution in [2.45, 2.75) is 0 Å². The fourth-order valence-electron chi connectivity index (χ4n) is 0.385. The molecule has 54 valence electrons. The van der Waals surface area contributed by atoms with Crippen LogP contribution in [0.2, 0.25) is 0 Å². The van der Waals surface area contributed by atoms with E-state index in [1.54, 1.807) is 0 Å². The van der Waals surface area contributed by atoms with E-state index < -0.39 is 0 Å². The maximum atomic E-state index is 3.10. The van der Waals surface area contributed by atoms with Crippen LogP contribution in [0.5, 0.6) is 0 Å². The van der Waals surface area contributed by atoms with Gasteiger partial charge in [0.1, 0.15) is 0 Å². The summed E-state index contributed by atoms with van der Waals surface area (Å²) < 4.78 is 0.271. The van der Waals surface area contributed by atoms with Crippen molar-refractivity contribution < 1.29 is 0 Å². The second-order valence-electron chi connectivity index (χ2n) is 1.40. The highest BCUT2D eigenvalue weighted by molar-refractivity contribution is 9.69. The van der Waals surface area contributed by atoms with Crippen LogP contribution in [-0.2, 0) is 0 Å². The van der Waals surface area contributed by atoms with E-state index in [1.165, 1.54) is 0 Å². The summed E-state index contributed by atoms with van der Waals surface area (Å²) in [6.45, 7) is 0. The van der Waals surface area contributed by atoms with Gasteiger partial charge in [-0.2, -0.15) is 0 Å². The van der Waals surface area contributed by atoms with E-state index in [0.29, 0.717) is 0 Å². The van der Waals surface area contributed by atoms with Crippen molar-refractivity contribution in [3.63, 3.8) is 0 Å². The van der Waals surface area contributed by atoms with Crippen LogP contribution in [0, 0.1) is 0 Å². The molecule has 0 bridgehead atoms. The molecule has 4 heteroatoms. The van der Waals surface area contributed by atoms with Gasteiger partial charge in [0.2, 0.25) is 0 Å². The molecule has 0 saturated heterocycles. The SMILES string of the molecule is BrB(Br)Br.c1ccccc1. The third kappa shape index (κ3) is 11.5. The molecule has 0 unspecified atom stereocenters. The Labute approximate surface area is 86.4 Å². The van der Waals surface area contributed by atoms with Crippen LogP contribution in [-0.4, -0.2) is 3.18 Å². The summed E-state index contributed by atoms with van der Waals surface area (Å²) in [4.78, 5) is 0. The molecule has 0 atom stereocenters. The molecule has 0 aliphatic rings. The zero-order valence-corrected chi connectivity index (χ0v) is 9.93. The maximum absolute atomic E-state index is 3.10. The molecule has 0 radical (unpaired) electrons. The first-order chi connectivity index (χ1) is 4.73. The predicted molar refractivity (Wildman–Crippen MR) is 59.0 cm³/mol. The molecule has 10 heavy (non-hydrogen) atoms. The first-order valence-corrected chi connectivity index (χ1v) is 5.40. The number of benzene rings is 1. The predicted octanol–water partition coefficient (Wildman–Crippen LogP) is 3.84. The van der Waals surface area contributed by atoms with Gasteiger partial charge in [-0.1, -0.05) is 36.4 Å². The molecular weight excluding hydrogens is 323 g/mol. The number of halogens is 3. The quantitative estimate of drug-likeness (QED) is 0.635.